The summed E-state index contributed by atoms with van der Waals surface area (Å²) in [5.74, 6) is 1.77. The van der Waals surface area contributed by atoms with Gasteiger partial charge in [-0.25, -0.2) is 0 Å². The molecule has 3 rings (SSSR count). The Morgan fingerprint density at radius 3 is 2.71 bits per heavy atom. The lowest BCUT2D eigenvalue weighted by atomic mass is 9.93. The van der Waals surface area contributed by atoms with Crippen LogP contribution in [0.2, 0.25) is 0 Å². The van der Waals surface area contributed by atoms with Gasteiger partial charge in [-0.05, 0) is 68.8 Å². The molecule has 0 amide bonds. The molecule has 1 aliphatic carbocycles. The predicted molar refractivity (Wildman–Crippen MR) is 88.0 cm³/mol. The summed E-state index contributed by atoms with van der Waals surface area (Å²) in [6.45, 7) is 4.13. The Kier molecular flexibility index (Phi) is 5.02. The summed E-state index contributed by atoms with van der Waals surface area (Å²) in [5.41, 5.74) is 1.23. The Morgan fingerprint density at radius 2 is 2.00 bits per heavy atom. The van der Waals surface area contributed by atoms with Gasteiger partial charge < -0.3 is 15.4 Å². The third-order valence-electron chi connectivity index (χ3n) is 4.86. The monoisotopic (exact) mass is 288 g/mol. The lowest BCUT2D eigenvalue weighted by molar-refractivity contribution is 0.317. The maximum Gasteiger partial charge on any atom is 0.119 e. The first-order valence-electron chi connectivity index (χ1n) is 8.59. The molecule has 0 aromatic heterocycles. The molecule has 0 radical (unpaired) electrons. The topological polar surface area (TPSA) is 33.3 Å². The Balaban J connectivity index is 1.57. The molecule has 0 spiro atoms. The summed E-state index contributed by atoms with van der Waals surface area (Å²) in [5, 5.41) is 7.44. The van der Waals surface area contributed by atoms with Crippen molar-refractivity contribution in [3.05, 3.63) is 24.3 Å². The summed E-state index contributed by atoms with van der Waals surface area (Å²) in [7, 11) is 0. The Hall–Kier alpha value is -1.22. The van der Waals surface area contributed by atoms with Crippen LogP contribution < -0.4 is 15.4 Å². The van der Waals surface area contributed by atoms with Gasteiger partial charge in [0.1, 0.15) is 5.75 Å². The van der Waals surface area contributed by atoms with Crippen LogP contribution in [0.1, 0.15) is 45.4 Å². The lowest BCUT2D eigenvalue weighted by Gasteiger charge is -2.27. The van der Waals surface area contributed by atoms with E-state index in [1.54, 1.807) is 0 Å². The zero-order valence-electron chi connectivity index (χ0n) is 13.1. The van der Waals surface area contributed by atoms with Gasteiger partial charge in [-0.15, -0.1) is 0 Å². The minimum Gasteiger partial charge on any atom is -0.494 e. The minimum atomic E-state index is 0.628. The zero-order valence-corrected chi connectivity index (χ0v) is 13.1. The normalized spacial score (nSPS) is 28.7. The largest absolute Gasteiger partial charge is 0.494 e. The molecule has 116 valence electrons. The highest BCUT2D eigenvalue weighted by atomic mass is 16.5. The molecule has 21 heavy (non-hydrogen) atoms. The summed E-state index contributed by atoms with van der Waals surface area (Å²) in [6.07, 6.45) is 7.78. The van der Waals surface area contributed by atoms with E-state index < -0.39 is 0 Å². The average Bonchev–Trinajstić information content (AvgIpc) is 3.17. The van der Waals surface area contributed by atoms with Gasteiger partial charge in [0.25, 0.3) is 0 Å². The minimum absolute atomic E-state index is 0.628. The summed E-state index contributed by atoms with van der Waals surface area (Å²) in [4.78, 5) is 0. The SMILES string of the molecule is CCCOc1ccc(NC2CCCC2C2CCCN2)cc1. The van der Waals surface area contributed by atoms with Gasteiger partial charge in [0.05, 0.1) is 6.61 Å². The molecule has 1 heterocycles. The van der Waals surface area contributed by atoms with Crippen molar-refractivity contribution in [2.75, 3.05) is 18.5 Å². The number of rotatable bonds is 6. The third kappa shape index (κ3) is 3.70. The van der Waals surface area contributed by atoms with Crippen molar-refractivity contribution in [2.24, 2.45) is 5.92 Å². The van der Waals surface area contributed by atoms with Crippen LogP contribution in [0.3, 0.4) is 0 Å². The molecule has 2 N–H and O–H groups in total. The van der Waals surface area contributed by atoms with Crippen LogP contribution in [0.5, 0.6) is 5.75 Å². The molecule has 3 atom stereocenters. The number of hydrogen-bond donors (Lipinski definition) is 2. The van der Waals surface area contributed by atoms with Gasteiger partial charge in [0.2, 0.25) is 0 Å². The summed E-state index contributed by atoms with van der Waals surface area (Å²) >= 11 is 0. The van der Waals surface area contributed by atoms with Gasteiger partial charge >= 0.3 is 0 Å². The Morgan fingerprint density at radius 1 is 1.14 bits per heavy atom. The van der Waals surface area contributed by atoms with E-state index in [9.17, 15) is 0 Å². The molecule has 3 nitrogen and oxygen atoms in total. The van der Waals surface area contributed by atoms with E-state index in [1.807, 2.05) is 0 Å². The van der Waals surface area contributed by atoms with Crippen LogP contribution in [0.4, 0.5) is 5.69 Å². The second kappa shape index (κ2) is 7.17. The zero-order chi connectivity index (χ0) is 14.5. The molecule has 1 aliphatic heterocycles. The van der Waals surface area contributed by atoms with E-state index in [0.717, 1.165) is 30.7 Å². The average molecular weight is 288 g/mol. The lowest BCUT2D eigenvalue weighted by Crippen LogP contribution is -2.38. The highest BCUT2D eigenvalue weighted by Gasteiger charge is 2.34. The summed E-state index contributed by atoms with van der Waals surface area (Å²) in [6, 6.07) is 9.83. The maximum absolute atomic E-state index is 5.64. The number of hydrogen-bond acceptors (Lipinski definition) is 3. The standard InChI is InChI=1S/C18H28N2O/c1-2-13-21-15-10-8-14(9-11-15)20-18-6-3-5-16(18)17-7-4-12-19-17/h8-11,16-20H,2-7,12-13H2,1H3. The first-order valence-corrected chi connectivity index (χ1v) is 8.59. The number of ether oxygens (including phenoxy) is 1. The molecule has 1 aromatic rings. The molecular formula is C18H28N2O. The molecule has 2 aliphatic rings. The molecule has 0 bridgehead atoms. The third-order valence-corrected chi connectivity index (χ3v) is 4.86. The van der Waals surface area contributed by atoms with Gasteiger partial charge in [0.15, 0.2) is 0 Å². The Labute approximate surface area is 128 Å². The summed E-state index contributed by atoms with van der Waals surface area (Å²) < 4.78 is 5.64. The fourth-order valence-electron chi connectivity index (χ4n) is 3.81. The smallest absolute Gasteiger partial charge is 0.119 e. The van der Waals surface area contributed by atoms with Gasteiger partial charge in [-0.3, -0.25) is 0 Å². The Bertz CT molecular complexity index is 425. The highest BCUT2D eigenvalue weighted by molar-refractivity contribution is 5.47. The number of benzene rings is 1. The number of anilines is 1. The van der Waals surface area contributed by atoms with E-state index in [1.165, 1.54) is 44.3 Å². The van der Waals surface area contributed by atoms with E-state index in [4.69, 9.17) is 4.74 Å². The highest BCUT2D eigenvalue weighted by Crippen LogP contribution is 2.34. The molecule has 1 saturated carbocycles. The van der Waals surface area contributed by atoms with Crippen LogP contribution in [0.25, 0.3) is 0 Å². The molecule has 3 heteroatoms. The quantitative estimate of drug-likeness (QED) is 0.835. The van der Waals surface area contributed by atoms with Crippen molar-refractivity contribution in [1.82, 2.24) is 5.32 Å². The van der Waals surface area contributed by atoms with E-state index >= 15 is 0 Å². The van der Waals surface area contributed by atoms with Crippen LogP contribution in [-0.2, 0) is 0 Å². The first-order chi connectivity index (χ1) is 10.4. The van der Waals surface area contributed by atoms with Gasteiger partial charge in [-0.1, -0.05) is 13.3 Å². The molecule has 1 aromatic carbocycles. The number of nitrogens with one attached hydrogen (secondary N) is 2. The van der Waals surface area contributed by atoms with Gasteiger partial charge in [-0.2, -0.15) is 0 Å². The molecular weight excluding hydrogens is 260 g/mol. The van der Waals surface area contributed by atoms with Crippen molar-refractivity contribution < 1.29 is 4.74 Å². The van der Waals surface area contributed by atoms with Crippen LogP contribution in [-0.4, -0.2) is 25.2 Å². The molecule has 3 unspecified atom stereocenters. The van der Waals surface area contributed by atoms with Crippen LogP contribution >= 0.6 is 0 Å². The van der Waals surface area contributed by atoms with Crippen LogP contribution in [0, 0.1) is 5.92 Å². The van der Waals surface area contributed by atoms with E-state index in [2.05, 4.69) is 41.8 Å². The maximum atomic E-state index is 5.64. The van der Waals surface area contributed by atoms with Crippen LogP contribution in [0.15, 0.2) is 24.3 Å². The van der Waals surface area contributed by atoms with Crippen molar-refractivity contribution in [2.45, 2.75) is 57.5 Å². The first kappa shape index (κ1) is 14.7. The van der Waals surface area contributed by atoms with Crippen molar-refractivity contribution in [1.29, 1.82) is 0 Å². The van der Waals surface area contributed by atoms with Gasteiger partial charge in [0, 0.05) is 17.8 Å². The predicted octanol–water partition coefficient (Wildman–Crippen LogP) is 3.81. The van der Waals surface area contributed by atoms with E-state index in [-0.39, 0.29) is 0 Å². The fourth-order valence-corrected chi connectivity index (χ4v) is 3.81. The molecule has 1 saturated heterocycles. The second-order valence-electron chi connectivity index (χ2n) is 6.42. The second-order valence-corrected chi connectivity index (χ2v) is 6.42. The van der Waals surface area contributed by atoms with Crippen molar-refractivity contribution >= 4 is 5.69 Å². The molecule has 2 fully saturated rings. The fraction of sp³-hybridized carbons (Fsp3) is 0.667. The van der Waals surface area contributed by atoms with E-state index in [0.29, 0.717) is 6.04 Å². The van der Waals surface area contributed by atoms with Crippen molar-refractivity contribution in [3.63, 3.8) is 0 Å². The van der Waals surface area contributed by atoms with Crippen molar-refractivity contribution in [3.8, 4) is 5.75 Å².